The zero-order valence-corrected chi connectivity index (χ0v) is 19.2. The van der Waals surface area contributed by atoms with Gasteiger partial charge < -0.3 is 15.6 Å². The Kier molecular flexibility index (Phi) is 7.67. The molecule has 0 saturated heterocycles. The number of hydrogen-bond donors (Lipinski definition) is 5. The summed E-state index contributed by atoms with van der Waals surface area (Å²) in [5.74, 6) is -0.247. The molecule has 7 nitrogen and oxygen atoms in total. The zero-order chi connectivity index (χ0) is 23.8. The van der Waals surface area contributed by atoms with Gasteiger partial charge in [-0.05, 0) is 47.9 Å². The van der Waals surface area contributed by atoms with Crippen LogP contribution in [0.4, 0.5) is 10.5 Å². The molecule has 0 aliphatic carbocycles. The fourth-order valence-electron chi connectivity index (χ4n) is 3.68. The third-order valence-corrected chi connectivity index (χ3v) is 5.69. The van der Waals surface area contributed by atoms with Gasteiger partial charge in [0.1, 0.15) is 6.04 Å². The number of aromatic amines is 1. The minimum atomic E-state index is -0.762. The van der Waals surface area contributed by atoms with Crippen LogP contribution in [0.5, 0.6) is 0 Å². The lowest BCUT2D eigenvalue weighted by molar-refractivity contribution is -0.122. The number of halogens is 1. The number of carbonyl (C=O) groups excluding carboxylic acids is 2. The topological polar surface area (TPSA) is 98.1 Å². The molecule has 1 atom stereocenters. The van der Waals surface area contributed by atoms with Crippen molar-refractivity contribution >= 4 is 40.1 Å². The highest BCUT2D eigenvalue weighted by Gasteiger charge is 2.22. The molecule has 0 aliphatic rings. The van der Waals surface area contributed by atoms with E-state index in [1.807, 2.05) is 60.8 Å². The van der Waals surface area contributed by atoms with E-state index in [9.17, 15) is 9.59 Å². The summed E-state index contributed by atoms with van der Waals surface area (Å²) in [4.78, 5) is 28.8. The molecule has 0 unspecified atom stereocenters. The van der Waals surface area contributed by atoms with E-state index < -0.39 is 12.1 Å². The first kappa shape index (κ1) is 23.2. The predicted octanol–water partition coefficient (Wildman–Crippen LogP) is 4.42. The third kappa shape index (κ3) is 6.30. The number of benzene rings is 3. The Morgan fingerprint density at radius 2 is 1.65 bits per heavy atom. The van der Waals surface area contributed by atoms with Crippen LogP contribution in [0.2, 0.25) is 5.02 Å². The van der Waals surface area contributed by atoms with E-state index in [2.05, 4.69) is 26.5 Å². The highest BCUT2D eigenvalue weighted by molar-refractivity contribution is 6.30. The van der Waals surface area contributed by atoms with Crippen LogP contribution in [0.3, 0.4) is 0 Å². The van der Waals surface area contributed by atoms with E-state index in [1.165, 1.54) is 0 Å². The molecule has 0 bridgehead atoms. The molecule has 0 fully saturated rings. The van der Waals surface area contributed by atoms with Gasteiger partial charge in [0.15, 0.2) is 0 Å². The highest BCUT2D eigenvalue weighted by atomic mass is 35.5. The molecule has 5 N–H and O–H groups in total. The van der Waals surface area contributed by atoms with Crippen LogP contribution in [0.1, 0.15) is 11.1 Å². The van der Waals surface area contributed by atoms with Gasteiger partial charge in [-0.15, -0.1) is 0 Å². The van der Waals surface area contributed by atoms with Gasteiger partial charge in [0.05, 0.1) is 5.69 Å². The molecule has 0 saturated carbocycles. The quantitative estimate of drug-likeness (QED) is 0.232. The smallest absolute Gasteiger partial charge is 0.334 e. The maximum Gasteiger partial charge on any atom is 0.334 e. The molecule has 34 heavy (non-hydrogen) atoms. The molecular weight excluding hydrogens is 450 g/mol. The van der Waals surface area contributed by atoms with E-state index >= 15 is 0 Å². The summed E-state index contributed by atoms with van der Waals surface area (Å²) in [6.07, 6.45) is 2.92. The van der Waals surface area contributed by atoms with Gasteiger partial charge in [-0.25, -0.2) is 4.79 Å². The van der Waals surface area contributed by atoms with Crippen molar-refractivity contribution in [2.45, 2.75) is 18.9 Å². The van der Waals surface area contributed by atoms with Crippen molar-refractivity contribution in [3.05, 3.63) is 101 Å². The van der Waals surface area contributed by atoms with Gasteiger partial charge >= 0.3 is 6.03 Å². The fraction of sp³-hybridized carbons (Fsp3) is 0.154. The van der Waals surface area contributed by atoms with Crippen molar-refractivity contribution in [3.63, 3.8) is 0 Å². The van der Waals surface area contributed by atoms with Crippen LogP contribution < -0.4 is 21.5 Å². The van der Waals surface area contributed by atoms with Gasteiger partial charge in [-0.1, -0.05) is 60.1 Å². The molecule has 8 heteroatoms. The minimum Gasteiger partial charge on any atom is -0.361 e. The van der Waals surface area contributed by atoms with Crippen LogP contribution in [-0.4, -0.2) is 29.5 Å². The summed E-state index contributed by atoms with van der Waals surface area (Å²) >= 11 is 5.89. The second kappa shape index (κ2) is 11.2. The van der Waals surface area contributed by atoms with Gasteiger partial charge in [0.2, 0.25) is 5.91 Å². The van der Waals surface area contributed by atoms with Crippen LogP contribution in [0.25, 0.3) is 10.9 Å². The van der Waals surface area contributed by atoms with Gasteiger partial charge in [0, 0.05) is 35.1 Å². The average molecular weight is 476 g/mol. The SMILES string of the molecule is O=C(NNc1ccc(Cl)cc1)N[C@H](Cc1c[nH]c2ccccc12)C(=O)NCCc1ccccc1. The molecule has 174 valence electrons. The molecule has 3 amide bonds. The Bertz CT molecular complexity index is 1240. The Labute approximate surface area is 202 Å². The Balaban J connectivity index is 1.40. The minimum absolute atomic E-state index is 0.247. The van der Waals surface area contributed by atoms with Crippen LogP contribution in [0, 0.1) is 0 Å². The molecule has 3 aromatic carbocycles. The van der Waals surface area contributed by atoms with E-state index in [0.29, 0.717) is 30.1 Å². The van der Waals surface area contributed by atoms with E-state index in [-0.39, 0.29) is 5.91 Å². The molecule has 0 spiro atoms. The van der Waals surface area contributed by atoms with E-state index in [4.69, 9.17) is 11.6 Å². The van der Waals surface area contributed by atoms with Crippen LogP contribution in [-0.2, 0) is 17.6 Å². The fourth-order valence-corrected chi connectivity index (χ4v) is 3.81. The van der Waals surface area contributed by atoms with Crippen molar-refractivity contribution < 1.29 is 9.59 Å². The second-order valence-corrected chi connectivity index (χ2v) is 8.31. The number of H-pyrrole nitrogens is 1. The standard InChI is InChI=1S/C26H26ClN5O2/c27-20-10-12-21(13-11-20)31-32-26(34)30-24(16-19-17-29-23-9-5-4-8-22(19)23)25(33)28-15-14-18-6-2-1-3-7-18/h1-13,17,24,29,31H,14-16H2,(H,28,33)(H2,30,32,34)/t24-/m1/s1. The number of hydrogen-bond acceptors (Lipinski definition) is 3. The maximum atomic E-state index is 13.0. The first-order chi connectivity index (χ1) is 16.6. The Morgan fingerprint density at radius 3 is 2.44 bits per heavy atom. The predicted molar refractivity (Wildman–Crippen MR) is 136 cm³/mol. The number of aromatic nitrogens is 1. The average Bonchev–Trinajstić information content (AvgIpc) is 3.27. The van der Waals surface area contributed by atoms with Crippen molar-refractivity contribution in [2.24, 2.45) is 0 Å². The summed E-state index contributed by atoms with van der Waals surface area (Å²) in [6.45, 7) is 0.472. The molecule has 4 rings (SSSR count). The third-order valence-electron chi connectivity index (χ3n) is 5.44. The summed E-state index contributed by atoms with van der Waals surface area (Å²) in [5.41, 5.74) is 9.11. The maximum absolute atomic E-state index is 13.0. The molecule has 1 heterocycles. The first-order valence-electron chi connectivity index (χ1n) is 11.0. The molecule has 1 aromatic heterocycles. The molecule has 4 aromatic rings. The number of hydrazine groups is 1. The van der Waals surface area contributed by atoms with Crippen LogP contribution >= 0.6 is 11.6 Å². The number of anilines is 1. The highest BCUT2D eigenvalue weighted by Crippen LogP contribution is 2.19. The number of fused-ring (bicyclic) bond motifs is 1. The largest absolute Gasteiger partial charge is 0.361 e. The van der Waals surface area contributed by atoms with E-state index in [1.54, 1.807) is 24.3 Å². The molecular formula is C26H26ClN5O2. The first-order valence-corrected chi connectivity index (χ1v) is 11.4. The lowest BCUT2D eigenvalue weighted by Crippen LogP contribution is -2.52. The number of amides is 3. The Morgan fingerprint density at radius 1 is 0.912 bits per heavy atom. The number of rotatable bonds is 9. The summed E-state index contributed by atoms with van der Waals surface area (Å²) < 4.78 is 0. The number of urea groups is 1. The van der Waals surface area contributed by atoms with Crippen molar-refractivity contribution in [3.8, 4) is 0 Å². The molecule has 0 aliphatic heterocycles. The normalized spacial score (nSPS) is 11.6. The summed E-state index contributed by atoms with van der Waals surface area (Å²) in [5, 5.41) is 7.35. The number of carbonyl (C=O) groups is 2. The van der Waals surface area contributed by atoms with Gasteiger partial charge in [0.25, 0.3) is 0 Å². The number of nitrogens with one attached hydrogen (secondary N) is 5. The van der Waals surface area contributed by atoms with Crippen LogP contribution in [0.15, 0.2) is 85.1 Å². The van der Waals surface area contributed by atoms with E-state index in [0.717, 1.165) is 22.0 Å². The molecule has 0 radical (unpaired) electrons. The van der Waals surface area contributed by atoms with Crippen molar-refractivity contribution in [1.29, 1.82) is 0 Å². The second-order valence-electron chi connectivity index (χ2n) is 7.87. The lowest BCUT2D eigenvalue weighted by atomic mass is 10.0. The summed E-state index contributed by atoms with van der Waals surface area (Å²) in [7, 11) is 0. The monoisotopic (exact) mass is 475 g/mol. The Hall–Kier alpha value is -3.97. The van der Waals surface area contributed by atoms with Gasteiger partial charge in [-0.2, -0.15) is 0 Å². The number of para-hydroxylation sites is 1. The van der Waals surface area contributed by atoms with Gasteiger partial charge in [-0.3, -0.25) is 15.6 Å². The zero-order valence-electron chi connectivity index (χ0n) is 18.5. The lowest BCUT2D eigenvalue weighted by Gasteiger charge is -2.19. The summed E-state index contributed by atoms with van der Waals surface area (Å²) in [6, 6.07) is 23.4. The van der Waals surface area contributed by atoms with Crippen molar-refractivity contribution in [1.82, 2.24) is 21.0 Å². The van der Waals surface area contributed by atoms with Crippen molar-refractivity contribution in [2.75, 3.05) is 12.0 Å².